The molecule has 0 radical (unpaired) electrons. The van der Waals surface area contributed by atoms with Gasteiger partial charge in [0.25, 0.3) is 5.91 Å². The Morgan fingerprint density at radius 1 is 1.30 bits per heavy atom. The number of hydrogen-bond acceptors (Lipinski definition) is 6. The molecular formula is C19H21N3O5. The molecule has 8 nitrogen and oxygen atoms in total. The highest BCUT2D eigenvalue weighted by molar-refractivity contribution is 5.94. The summed E-state index contributed by atoms with van der Waals surface area (Å²) in [5.41, 5.74) is 1.39. The summed E-state index contributed by atoms with van der Waals surface area (Å²) in [7, 11) is 0. The Kier molecular flexibility index (Phi) is 5.97. The van der Waals surface area contributed by atoms with Crippen LogP contribution in [0.4, 0.5) is 0 Å². The van der Waals surface area contributed by atoms with Gasteiger partial charge in [-0.1, -0.05) is 0 Å². The summed E-state index contributed by atoms with van der Waals surface area (Å²) in [6.07, 6.45) is 3.40. The average Bonchev–Trinajstić information content (AvgIpc) is 2.67. The minimum atomic E-state index is -1.07. The van der Waals surface area contributed by atoms with Gasteiger partial charge in [-0.25, -0.2) is 14.8 Å². The van der Waals surface area contributed by atoms with Crippen LogP contribution in [0.25, 0.3) is 0 Å². The molecule has 0 atom stereocenters. The van der Waals surface area contributed by atoms with Crippen molar-refractivity contribution in [1.29, 1.82) is 0 Å². The average molecular weight is 371 g/mol. The Labute approximate surface area is 156 Å². The summed E-state index contributed by atoms with van der Waals surface area (Å²) < 4.78 is 11.2. The first-order valence-electron chi connectivity index (χ1n) is 8.71. The largest absolute Gasteiger partial charge is 0.478 e. The standard InChI is InChI=1S/C19H21N3O5/c1-12-15(19(24)25)2-3-16(22-12)18(23)21-11-13-4-7-20-17(10-13)27-14-5-8-26-9-6-14/h2-4,7,10,14H,5-6,8-9,11H2,1H3,(H,21,23)(H,24,25). The molecule has 2 aromatic rings. The quantitative estimate of drug-likeness (QED) is 0.798. The van der Waals surface area contributed by atoms with Gasteiger partial charge >= 0.3 is 5.97 Å². The molecule has 0 aromatic carbocycles. The van der Waals surface area contributed by atoms with Crippen LogP contribution in [-0.2, 0) is 11.3 Å². The highest BCUT2D eigenvalue weighted by Gasteiger charge is 2.16. The highest BCUT2D eigenvalue weighted by atomic mass is 16.5. The van der Waals surface area contributed by atoms with Crippen molar-refractivity contribution in [3.63, 3.8) is 0 Å². The lowest BCUT2D eigenvalue weighted by molar-refractivity contribution is 0.0237. The van der Waals surface area contributed by atoms with Crippen LogP contribution in [0, 0.1) is 6.92 Å². The molecule has 8 heteroatoms. The second-order valence-corrected chi connectivity index (χ2v) is 6.25. The first kappa shape index (κ1) is 18.8. The molecule has 0 spiro atoms. The lowest BCUT2D eigenvalue weighted by atomic mass is 10.1. The van der Waals surface area contributed by atoms with Crippen LogP contribution < -0.4 is 10.1 Å². The van der Waals surface area contributed by atoms with E-state index in [1.54, 1.807) is 25.3 Å². The van der Waals surface area contributed by atoms with E-state index in [-0.39, 0.29) is 29.8 Å². The van der Waals surface area contributed by atoms with E-state index in [9.17, 15) is 9.59 Å². The van der Waals surface area contributed by atoms with Crippen molar-refractivity contribution in [2.45, 2.75) is 32.4 Å². The molecular weight excluding hydrogens is 350 g/mol. The molecule has 0 unspecified atom stereocenters. The number of ether oxygens (including phenoxy) is 2. The zero-order valence-electron chi connectivity index (χ0n) is 15.0. The van der Waals surface area contributed by atoms with Gasteiger partial charge in [0.15, 0.2) is 0 Å². The summed E-state index contributed by atoms with van der Waals surface area (Å²) >= 11 is 0. The predicted molar refractivity (Wildman–Crippen MR) is 95.8 cm³/mol. The van der Waals surface area contributed by atoms with Crippen LogP contribution in [0.3, 0.4) is 0 Å². The second kappa shape index (κ2) is 8.59. The number of aryl methyl sites for hydroxylation is 1. The lowest BCUT2D eigenvalue weighted by Crippen LogP contribution is -2.26. The molecule has 0 saturated carbocycles. The molecule has 3 heterocycles. The third kappa shape index (κ3) is 5.01. The SMILES string of the molecule is Cc1nc(C(=O)NCc2ccnc(OC3CCOCC3)c2)ccc1C(=O)O. The Balaban J connectivity index is 1.59. The molecule has 1 saturated heterocycles. The molecule has 2 aromatic heterocycles. The van der Waals surface area contributed by atoms with Gasteiger partial charge in [-0.3, -0.25) is 4.79 Å². The van der Waals surface area contributed by atoms with Crippen LogP contribution in [0.1, 0.15) is 44.9 Å². The molecule has 1 aliphatic heterocycles. The van der Waals surface area contributed by atoms with Gasteiger partial charge in [-0.2, -0.15) is 0 Å². The monoisotopic (exact) mass is 371 g/mol. The molecule has 3 rings (SSSR count). The van der Waals surface area contributed by atoms with Gasteiger partial charge in [0.1, 0.15) is 11.8 Å². The Morgan fingerprint density at radius 2 is 2.07 bits per heavy atom. The number of hydrogen-bond donors (Lipinski definition) is 2. The molecule has 1 amide bonds. The van der Waals surface area contributed by atoms with Crippen LogP contribution in [-0.4, -0.2) is 46.3 Å². The number of amides is 1. The van der Waals surface area contributed by atoms with Gasteiger partial charge < -0.3 is 19.9 Å². The van der Waals surface area contributed by atoms with Crippen molar-refractivity contribution in [3.8, 4) is 5.88 Å². The van der Waals surface area contributed by atoms with Gasteiger partial charge in [-0.05, 0) is 30.7 Å². The Morgan fingerprint density at radius 3 is 2.78 bits per heavy atom. The number of aromatic carboxylic acids is 1. The lowest BCUT2D eigenvalue weighted by Gasteiger charge is -2.22. The number of rotatable bonds is 6. The number of nitrogens with one attached hydrogen (secondary N) is 1. The van der Waals surface area contributed by atoms with E-state index in [4.69, 9.17) is 14.6 Å². The summed E-state index contributed by atoms with van der Waals surface area (Å²) in [5.74, 6) is -0.923. The smallest absolute Gasteiger partial charge is 0.337 e. The number of carbonyl (C=O) groups excluding carboxylic acids is 1. The number of pyridine rings is 2. The molecule has 2 N–H and O–H groups in total. The van der Waals surface area contributed by atoms with Crippen LogP contribution in [0.2, 0.25) is 0 Å². The van der Waals surface area contributed by atoms with Gasteiger partial charge in [0.05, 0.1) is 24.5 Å². The molecule has 27 heavy (non-hydrogen) atoms. The third-order valence-corrected chi connectivity index (χ3v) is 4.26. The first-order chi connectivity index (χ1) is 13.0. The molecule has 1 fully saturated rings. The summed E-state index contributed by atoms with van der Waals surface area (Å²) in [4.78, 5) is 31.6. The minimum Gasteiger partial charge on any atom is -0.478 e. The maximum Gasteiger partial charge on any atom is 0.337 e. The van der Waals surface area contributed by atoms with Gasteiger partial charge in [-0.15, -0.1) is 0 Å². The fourth-order valence-electron chi connectivity index (χ4n) is 2.78. The van der Waals surface area contributed by atoms with E-state index >= 15 is 0 Å². The van der Waals surface area contributed by atoms with Crippen LogP contribution in [0.15, 0.2) is 30.5 Å². The maximum absolute atomic E-state index is 12.3. The van der Waals surface area contributed by atoms with Crippen molar-refractivity contribution in [2.75, 3.05) is 13.2 Å². The van der Waals surface area contributed by atoms with E-state index in [0.717, 1.165) is 18.4 Å². The van der Waals surface area contributed by atoms with Crippen molar-refractivity contribution < 1.29 is 24.2 Å². The van der Waals surface area contributed by atoms with Crippen molar-refractivity contribution >= 4 is 11.9 Å². The van der Waals surface area contributed by atoms with Crippen molar-refractivity contribution in [2.24, 2.45) is 0 Å². The van der Waals surface area contributed by atoms with E-state index in [1.165, 1.54) is 12.1 Å². The normalized spacial score (nSPS) is 14.6. The van der Waals surface area contributed by atoms with E-state index in [1.807, 2.05) is 0 Å². The number of nitrogens with zero attached hydrogens (tertiary/aromatic N) is 2. The zero-order valence-corrected chi connectivity index (χ0v) is 15.0. The van der Waals surface area contributed by atoms with Gasteiger partial charge in [0.2, 0.25) is 5.88 Å². The second-order valence-electron chi connectivity index (χ2n) is 6.25. The zero-order chi connectivity index (χ0) is 19.2. The minimum absolute atomic E-state index is 0.0792. The summed E-state index contributed by atoms with van der Waals surface area (Å²) in [6, 6.07) is 6.37. The Bertz CT molecular complexity index is 834. The van der Waals surface area contributed by atoms with Gasteiger partial charge in [0, 0.05) is 31.6 Å². The summed E-state index contributed by atoms with van der Waals surface area (Å²) in [5, 5.41) is 11.8. The third-order valence-electron chi connectivity index (χ3n) is 4.26. The topological polar surface area (TPSA) is 111 Å². The molecule has 1 aliphatic rings. The van der Waals surface area contributed by atoms with E-state index in [0.29, 0.717) is 24.8 Å². The number of carboxylic acids is 1. The molecule has 0 bridgehead atoms. The maximum atomic E-state index is 12.3. The number of aromatic nitrogens is 2. The number of carboxylic acid groups (broad SMARTS) is 1. The Hall–Kier alpha value is -3.00. The van der Waals surface area contributed by atoms with E-state index < -0.39 is 5.97 Å². The molecule has 142 valence electrons. The fourth-order valence-corrected chi connectivity index (χ4v) is 2.78. The van der Waals surface area contributed by atoms with Crippen LogP contribution >= 0.6 is 0 Å². The fraction of sp³-hybridized carbons (Fsp3) is 0.368. The first-order valence-corrected chi connectivity index (χ1v) is 8.71. The summed E-state index contributed by atoms with van der Waals surface area (Å²) in [6.45, 7) is 3.22. The molecule has 0 aliphatic carbocycles. The number of carbonyl (C=O) groups is 2. The van der Waals surface area contributed by atoms with Crippen molar-refractivity contribution in [1.82, 2.24) is 15.3 Å². The van der Waals surface area contributed by atoms with Crippen molar-refractivity contribution in [3.05, 3.63) is 53.0 Å². The predicted octanol–water partition coefficient (Wildman–Crippen LogP) is 1.97. The van der Waals surface area contributed by atoms with Crippen LogP contribution in [0.5, 0.6) is 5.88 Å². The highest BCUT2D eigenvalue weighted by Crippen LogP contribution is 2.17. The van der Waals surface area contributed by atoms with E-state index in [2.05, 4.69) is 15.3 Å².